The Kier molecular flexibility index (Phi) is 2.56. The predicted molar refractivity (Wildman–Crippen MR) is 46.6 cm³/mol. The van der Waals surface area contributed by atoms with Crippen LogP contribution in [0.1, 0.15) is 18.7 Å². The Morgan fingerprint density at radius 3 is 3.00 bits per heavy atom. The molecule has 1 aromatic heterocycles. The molecule has 5 nitrogen and oxygen atoms in total. The average molecular weight is 219 g/mol. The molecule has 0 aliphatic carbocycles. The van der Waals surface area contributed by atoms with Crippen molar-refractivity contribution in [2.45, 2.75) is 25.3 Å². The van der Waals surface area contributed by atoms with Gasteiger partial charge in [0.2, 0.25) is 0 Å². The van der Waals surface area contributed by atoms with Crippen LogP contribution in [-0.4, -0.2) is 34.1 Å². The minimum absolute atomic E-state index is 0.0706. The molecule has 0 aromatic carbocycles. The third kappa shape index (κ3) is 2.62. The Bertz CT molecular complexity index is 387. The van der Waals surface area contributed by atoms with Crippen molar-refractivity contribution in [3.8, 4) is 0 Å². The molecule has 1 fully saturated rings. The van der Waals surface area contributed by atoms with Gasteiger partial charge in [-0.25, -0.2) is 13.6 Å². The zero-order valence-electron chi connectivity index (χ0n) is 8.00. The van der Waals surface area contributed by atoms with Crippen molar-refractivity contribution in [2.75, 3.05) is 13.1 Å². The van der Waals surface area contributed by atoms with Gasteiger partial charge in [0.05, 0.1) is 13.1 Å². The summed E-state index contributed by atoms with van der Waals surface area (Å²) in [6.45, 7) is 0.494. The fraction of sp³-hybridized carbons (Fsp3) is 0.750. The van der Waals surface area contributed by atoms with Gasteiger partial charge in [0.15, 0.2) is 5.82 Å². The van der Waals surface area contributed by atoms with E-state index in [0.717, 1.165) is 0 Å². The summed E-state index contributed by atoms with van der Waals surface area (Å²) < 4.78 is 30.3. The number of nitrogens with one attached hydrogen (secondary N) is 1. The lowest BCUT2D eigenvalue weighted by Gasteiger charge is -2.31. The number of hydrogen-bond donors (Lipinski definition) is 1. The monoisotopic (exact) mass is 219 g/mol. The van der Waals surface area contributed by atoms with Crippen LogP contribution >= 0.6 is 0 Å². The van der Waals surface area contributed by atoms with Crippen molar-refractivity contribution < 1.29 is 13.3 Å². The fourth-order valence-corrected chi connectivity index (χ4v) is 1.72. The van der Waals surface area contributed by atoms with E-state index in [1.165, 1.54) is 0 Å². The topological polar surface area (TPSA) is 62.1 Å². The maximum Gasteiger partial charge on any atom is 0.438 e. The van der Waals surface area contributed by atoms with Gasteiger partial charge in [0.25, 0.3) is 5.92 Å². The average Bonchev–Trinajstić information content (AvgIpc) is 2.49. The molecule has 7 heteroatoms. The van der Waals surface area contributed by atoms with Crippen LogP contribution in [0.4, 0.5) is 8.78 Å². The smallest absolute Gasteiger partial charge is 0.296 e. The Morgan fingerprint density at radius 2 is 2.40 bits per heavy atom. The second-order valence-electron chi connectivity index (χ2n) is 3.71. The van der Waals surface area contributed by atoms with Gasteiger partial charge in [-0.05, 0) is 13.0 Å². The molecule has 2 heterocycles. The molecule has 1 N–H and O–H groups in total. The van der Waals surface area contributed by atoms with Gasteiger partial charge in [0.1, 0.15) is 0 Å². The first-order valence-electron chi connectivity index (χ1n) is 4.70. The van der Waals surface area contributed by atoms with Gasteiger partial charge in [-0.1, -0.05) is 5.16 Å². The second-order valence-corrected chi connectivity index (χ2v) is 3.71. The molecule has 0 unspecified atom stereocenters. The van der Waals surface area contributed by atoms with Crippen LogP contribution in [0, 0.1) is 0 Å². The SMILES string of the molecule is O=c1[nH]c(CN2CCCC(F)(F)C2)no1. The fourth-order valence-electron chi connectivity index (χ4n) is 1.72. The van der Waals surface area contributed by atoms with E-state index in [4.69, 9.17) is 0 Å². The van der Waals surface area contributed by atoms with Crippen LogP contribution < -0.4 is 5.76 Å². The molecule has 0 radical (unpaired) electrons. The number of halogens is 2. The quantitative estimate of drug-likeness (QED) is 0.790. The van der Waals surface area contributed by atoms with Crippen LogP contribution in [0.5, 0.6) is 0 Å². The number of likely N-dealkylation sites (tertiary alicyclic amines) is 1. The Morgan fingerprint density at radius 1 is 1.60 bits per heavy atom. The van der Waals surface area contributed by atoms with Gasteiger partial charge in [0, 0.05) is 6.42 Å². The van der Waals surface area contributed by atoms with Crippen molar-refractivity contribution >= 4 is 0 Å². The molecule has 0 amide bonds. The van der Waals surface area contributed by atoms with Gasteiger partial charge in [-0.3, -0.25) is 14.4 Å². The summed E-state index contributed by atoms with van der Waals surface area (Å²) in [4.78, 5) is 14.5. The largest absolute Gasteiger partial charge is 0.438 e. The number of H-pyrrole nitrogens is 1. The molecule has 1 saturated heterocycles. The Hall–Kier alpha value is -1.24. The van der Waals surface area contributed by atoms with E-state index in [9.17, 15) is 13.6 Å². The first-order chi connectivity index (χ1) is 7.05. The normalized spacial score (nSPS) is 21.7. The second kappa shape index (κ2) is 3.73. The van der Waals surface area contributed by atoms with Gasteiger partial charge >= 0.3 is 5.76 Å². The summed E-state index contributed by atoms with van der Waals surface area (Å²) in [5.41, 5.74) is 0. The van der Waals surface area contributed by atoms with Crippen LogP contribution in [0.3, 0.4) is 0 Å². The molecule has 84 valence electrons. The number of piperidine rings is 1. The highest BCUT2D eigenvalue weighted by Gasteiger charge is 2.35. The summed E-state index contributed by atoms with van der Waals surface area (Å²) >= 11 is 0. The van der Waals surface area contributed by atoms with Crippen LogP contribution in [0.25, 0.3) is 0 Å². The summed E-state index contributed by atoms with van der Waals surface area (Å²) in [6, 6.07) is 0. The molecule has 0 saturated carbocycles. The minimum Gasteiger partial charge on any atom is -0.296 e. The molecule has 1 aliphatic rings. The lowest BCUT2D eigenvalue weighted by atomic mass is 10.1. The summed E-state index contributed by atoms with van der Waals surface area (Å²) in [7, 11) is 0. The molecular weight excluding hydrogens is 208 g/mol. The highest BCUT2D eigenvalue weighted by atomic mass is 19.3. The van der Waals surface area contributed by atoms with Crippen molar-refractivity contribution in [2.24, 2.45) is 0 Å². The molecule has 0 bridgehead atoms. The van der Waals surface area contributed by atoms with E-state index < -0.39 is 11.7 Å². The highest BCUT2D eigenvalue weighted by Crippen LogP contribution is 2.26. The molecular formula is C8H11F2N3O2. The van der Waals surface area contributed by atoms with Gasteiger partial charge in [-0.2, -0.15) is 0 Å². The zero-order chi connectivity index (χ0) is 10.9. The van der Waals surface area contributed by atoms with Gasteiger partial charge in [-0.15, -0.1) is 0 Å². The first-order valence-corrected chi connectivity index (χ1v) is 4.70. The highest BCUT2D eigenvalue weighted by molar-refractivity contribution is 4.84. The summed E-state index contributed by atoms with van der Waals surface area (Å²) in [5.74, 6) is -3.01. The van der Waals surface area contributed by atoms with Crippen LogP contribution in [0.15, 0.2) is 9.32 Å². The van der Waals surface area contributed by atoms with Crippen LogP contribution in [0.2, 0.25) is 0 Å². The first kappa shape index (κ1) is 10.3. The summed E-state index contributed by atoms with van der Waals surface area (Å²) in [5, 5.41) is 3.43. The molecule has 2 rings (SSSR count). The molecule has 0 spiro atoms. The third-order valence-electron chi connectivity index (χ3n) is 2.33. The minimum atomic E-state index is -2.64. The number of rotatable bonds is 2. The standard InChI is InChI=1S/C8H11F2N3O2/c9-8(10)2-1-3-13(5-8)4-6-11-7(14)15-12-6/h1-5H2,(H,11,12,14). The maximum absolute atomic E-state index is 13.0. The van der Waals surface area contributed by atoms with E-state index in [1.54, 1.807) is 4.90 Å². The zero-order valence-corrected chi connectivity index (χ0v) is 8.00. The molecule has 1 aliphatic heterocycles. The predicted octanol–water partition coefficient (Wildman–Crippen LogP) is 0.594. The lowest BCUT2D eigenvalue weighted by Crippen LogP contribution is -2.42. The van der Waals surface area contributed by atoms with E-state index in [-0.39, 0.29) is 25.3 Å². The lowest BCUT2D eigenvalue weighted by molar-refractivity contribution is -0.0667. The van der Waals surface area contributed by atoms with E-state index in [2.05, 4.69) is 14.7 Å². The number of nitrogens with zero attached hydrogens (tertiary/aromatic N) is 2. The Balaban J connectivity index is 1.97. The van der Waals surface area contributed by atoms with Crippen molar-refractivity contribution in [1.82, 2.24) is 15.0 Å². The summed E-state index contributed by atoms with van der Waals surface area (Å²) in [6.07, 6.45) is 0.383. The number of aromatic amines is 1. The number of aromatic nitrogens is 2. The molecule has 0 atom stereocenters. The Labute approximate surface area is 84.1 Å². The molecule has 15 heavy (non-hydrogen) atoms. The van der Waals surface area contributed by atoms with Gasteiger partial charge < -0.3 is 0 Å². The molecule has 1 aromatic rings. The number of alkyl halides is 2. The third-order valence-corrected chi connectivity index (χ3v) is 2.33. The van der Waals surface area contributed by atoms with E-state index >= 15 is 0 Å². The van der Waals surface area contributed by atoms with Crippen molar-refractivity contribution in [1.29, 1.82) is 0 Å². The van der Waals surface area contributed by atoms with E-state index in [0.29, 0.717) is 13.0 Å². The maximum atomic E-state index is 13.0. The van der Waals surface area contributed by atoms with Crippen molar-refractivity contribution in [3.63, 3.8) is 0 Å². The van der Waals surface area contributed by atoms with Crippen molar-refractivity contribution in [3.05, 3.63) is 16.4 Å². The van der Waals surface area contributed by atoms with Crippen LogP contribution in [-0.2, 0) is 6.54 Å². The number of hydrogen-bond acceptors (Lipinski definition) is 4. The van der Waals surface area contributed by atoms with E-state index in [1.807, 2.05) is 0 Å².